The molecular formula is C15H23ClN2O2. The summed E-state index contributed by atoms with van der Waals surface area (Å²) in [6, 6.07) is 0.0296. The molecule has 1 aliphatic rings. The molecule has 0 radical (unpaired) electrons. The largest absolute Gasteiger partial charge is 0.329 e. The molecule has 0 aliphatic heterocycles. The number of nitrogens with one attached hydrogen (secondary N) is 1. The molecule has 0 atom stereocenters. The first-order valence-corrected chi connectivity index (χ1v) is 7.99. The van der Waals surface area contributed by atoms with Crippen molar-refractivity contribution in [2.24, 2.45) is 5.92 Å². The van der Waals surface area contributed by atoms with Crippen LogP contribution in [0, 0.1) is 5.92 Å². The molecule has 0 spiro atoms. The summed E-state index contributed by atoms with van der Waals surface area (Å²) < 4.78 is 1.41. The highest BCUT2D eigenvalue weighted by Gasteiger charge is 2.25. The van der Waals surface area contributed by atoms with E-state index in [9.17, 15) is 9.59 Å². The molecule has 5 heteroatoms. The van der Waals surface area contributed by atoms with Gasteiger partial charge in [0.2, 0.25) is 0 Å². The van der Waals surface area contributed by atoms with Gasteiger partial charge in [0, 0.05) is 6.04 Å². The number of H-pyrrole nitrogens is 1. The first-order chi connectivity index (χ1) is 9.58. The highest BCUT2D eigenvalue weighted by Crippen LogP contribution is 2.32. The predicted molar refractivity (Wildman–Crippen MR) is 81.6 cm³/mol. The summed E-state index contributed by atoms with van der Waals surface area (Å²) in [7, 11) is 0. The lowest BCUT2D eigenvalue weighted by Crippen LogP contribution is -2.41. The van der Waals surface area contributed by atoms with E-state index in [2.05, 4.69) is 11.9 Å². The van der Waals surface area contributed by atoms with Crippen LogP contribution in [-0.2, 0) is 6.42 Å². The molecule has 1 fully saturated rings. The highest BCUT2D eigenvalue weighted by atomic mass is 35.5. The Hall–Kier alpha value is -1.03. The lowest BCUT2D eigenvalue weighted by atomic mass is 9.84. The number of hydrogen-bond donors (Lipinski definition) is 1. The standard InChI is InChI=1S/C15H23ClN2O2/c1-3-5-12-13(16)17-15(20)18(14(12)19)11-8-6-10(4-2)7-9-11/h10-11H,3-9H2,1-2H3,(H,17,20). The Kier molecular flexibility index (Phi) is 5.08. The molecule has 1 aromatic rings. The molecule has 112 valence electrons. The van der Waals surface area contributed by atoms with E-state index >= 15 is 0 Å². The molecule has 1 aliphatic carbocycles. The highest BCUT2D eigenvalue weighted by molar-refractivity contribution is 6.30. The summed E-state index contributed by atoms with van der Waals surface area (Å²) in [4.78, 5) is 27.2. The number of nitrogens with zero attached hydrogens (tertiary/aromatic N) is 1. The number of halogens is 1. The van der Waals surface area contributed by atoms with E-state index in [-0.39, 0.29) is 22.4 Å². The van der Waals surface area contributed by atoms with Gasteiger partial charge in [-0.25, -0.2) is 4.79 Å². The minimum absolute atomic E-state index is 0.0296. The van der Waals surface area contributed by atoms with Crippen molar-refractivity contribution in [1.29, 1.82) is 0 Å². The summed E-state index contributed by atoms with van der Waals surface area (Å²) in [5.74, 6) is 0.739. The Bertz CT molecular complexity index is 568. The average Bonchev–Trinajstić information content (AvgIpc) is 2.44. The van der Waals surface area contributed by atoms with Crippen LogP contribution in [0.1, 0.15) is 64.0 Å². The minimum Gasteiger partial charge on any atom is -0.297 e. The maximum Gasteiger partial charge on any atom is 0.329 e. The quantitative estimate of drug-likeness (QED) is 0.867. The number of hydrogen-bond acceptors (Lipinski definition) is 2. The van der Waals surface area contributed by atoms with E-state index < -0.39 is 0 Å². The van der Waals surface area contributed by atoms with Gasteiger partial charge in [-0.15, -0.1) is 0 Å². The number of aromatic amines is 1. The summed E-state index contributed by atoms with van der Waals surface area (Å²) in [5, 5.41) is 0.209. The van der Waals surface area contributed by atoms with Gasteiger partial charge in [-0.05, 0) is 38.0 Å². The Balaban J connectivity index is 2.35. The van der Waals surface area contributed by atoms with Gasteiger partial charge in [-0.3, -0.25) is 14.3 Å². The Labute approximate surface area is 124 Å². The van der Waals surface area contributed by atoms with Crippen LogP contribution < -0.4 is 11.2 Å². The zero-order chi connectivity index (χ0) is 14.7. The summed E-state index contributed by atoms with van der Waals surface area (Å²) in [6.45, 7) is 4.20. The smallest absolute Gasteiger partial charge is 0.297 e. The van der Waals surface area contributed by atoms with Crippen molar-refractivity contribution in [2.75, 3.05) is 0 Å². The molecule has 2 rings (SSSR count). The fourth-order valence-corrected chi connectivity index (χ4v) is 3.43. The second-order valence-electron chi connectivity index (χ2n) is 5.73. The van der Waals surface area contributed by atoms with E-state index in [0.29, 0.717) is 12.0 Å². The first kappa shape index (κ1) is 15.4. The van der Waals surface area contributed by atoms with Crippen molar-refractivity contribution in [2.45, 2.75) is 64.8 Å². The van der Waals surface area contributed by atoms with Crippen LogP contribution in [0.3, 0.4) is 0 Å². The molecule has 0 aromatic carbocycles. The third-order valence-electron chi connectivity index (χ3n) is 4.44. The predicted octanol–water partition coefficient (Wildman–Crippen LogP) is 3.28. The fraction of sp³-hybridized carbons (Fsp3) is 0.733. The van der Waals surface area contributed by atoms with E-state index in [1.54, 1.807) is 0 Å². The molecule has 1 heterocycles. The molecule has 0 saturated heterocycles. The van der Waals surface area contributed by atoms with Gasteiger partial charge in [-0.1, -0.05) is 38.3 Å². The van der Waals surface area contributed by atoms with E-state index in [1.807, 2.05) is 6.92 Å². The number of aromatic nitrogens is 2. The van der Waals surface area contributed by atoms with Crippen molar-refractivity contribution in [3.05, 3.63) is 31.6 Å². The molecule has 1 aromatic heterocycles. The molecular weight excluding hydrogens is 276 g/mol. The third-order valence-corrected chi connectivity index (χ3v) is 4.76. The van der Waals surface area contributed by atoms with Crippen LogP contribution in [0.2, 0.25) is 5.15 Å². The van der Waals surface area contributed by atoms with Crippen molar-refractivity contribution < 1.29 is 0 Å². The topological polar surface area (TPSA) is 54.9 Å². The zero-order valence-corrected chi connectivity index (χ0v) is 13.0. The maximum atomic E-state index is 12.5. The third kappa shape index (κ3) is 3.00. The van der Waals surface area contributed by atoms with Crippen molar-refractivity contribution in [1.82, 2.24) is 9.55 Å². The molecule has 4 nitrogen and oxygen atoms in total. The maximum absolute atomic E-state index is 12.5. The van der Waals surface area contributed by atoms with Crippen molar-refractivity contribution >= 4 is 11.6 Å². The first-order valence-electron chi connectivity index (χ1n) is 7.61. The summed E-state index contributed by atoms with van der Waals surface area (Å²) >= 11 is 6.00. The Morgan fingerprint density at radius 1 is 1.20 bits per heavy atom. The van der Waals surface area contributed by atoms with Gasteiger partial charge < -0.3 is 0 Å². The molecule has 1 N–H and O–H groups in total. The van der Waals surface area contributed by atoms with Crippen LogP contribution in [0.4, 0.5) is 0 Å². The van der Waals surface area contributed by atoms with Crippen LogP contribution in [0.25, 0.3) is 0 Å². The Morgan fingerprint density at radius 2 is 1.85 bits per heavy atom. The van der Waals surface area contributed by atoms with Crippen molar-refractivity contribution in [3.63, 3.8) is 0 Å². The van der Waals surface area contributed by atoms with Crippen LogP contribution in [-0.4, -0.2) is 9.55 Å². The van der Waals surface area contributed by atoms with Crippen LogP contribution >= 0.6 is 11.6 Å². The lowest BCUT2D eigenvalue weighted by molar-refractivity contribution is 0.260. The lowest BCUT2D eigenvalue weighted by Gasteiger charge is -2.28. The minimum atomic E-state index is -0.361. The van der Waals surface area contributed by atoms with Gasteiger partial charge in [0.1, 0.15) is 5.15 Å². The summed E-state index contributed by atoms with van der Waals surface area (Å²) in [6.07, 6.45) is 6.64. The molecule has 20 heavy (non-hydrogen) atoms. The van der Waals surface area contributed by atoms with Gasteiger partial charge >= 0.3 is 5.69 Å². The SMILES string of the molecule is CCCc1c(Cl)[nH]c(=O)n(C2CCC(CC)CC2)c1=O. The molecule has 0 amide bonds. The van der Waals surface area contributed by atoms with Gasteiger partial charge in [-0.2, -0.15) is 0 Å². The molecule has 0 bridgehead atoms. The normalized spacial score (nSPS) is 22.9. The number of rotatable bonds is 4. The zero-order valence-electron chi connectivity index (χ0n) is 12.2. The summed E-state index contributed by atoms with van der Waals surface area (Å²) in [5.41, 5.74) is -0.00766. The van der Waals surface area contributed by atoms with Crippen molar-refractivity contribution in [3.8, 4) is 0 Å². The van der Waals surface area contributed by atoms with E-state index in [0.717, 1.165) is 38.0 Å². The van der Waals surface area contributed by atoms with Crippen LogP contribution in [0.15, 0.2) is 9.59 Å². The second-order valence-corrected chi connectivity index (χ2v) is 6.11. The van der Waals surface area contributed by atoms with Crippen LogP contribution in [0.5, 0.6) is 0 Å². The van der Waals surface area contributed by atoms with Gasteiger partial charge in [0.05, 0.1) is 5.56 Å². The van der Waals surface area contributed by atoms with E-state index in [1.165, 1.54) is 11.0 Å². The Morgan fingerprint density at radius 3 is 2.40 bits per heavy atom. The molecule has 0 unspecified atom stereocenters. The van der Waals surface area contributed by atoms with E-state index in [4.69, 9.17) is 11.6 Å². The van der Waals surface area contributed by atoms with Gasteiger partial charge in [0.15, 0.2) is 0 Å². The average molecular weight is 299 g/mol. The molecule has 1 saturated carbocycles. The monoisotopic (exact) mass is 298 g/mol. The van der Waals surface area contributed by atoms with Gasteiger partial charge in [0.25, 0.3) is 5.56 Å². The second kappa shape index (κ2) is 6.61. The fourth-order valence-electron chi connectivity index (χ4n) is 3.17.